The highest BCUT2D eigenvalue weighted by Gasteiger charge is 2.43. The second kappa shape index (κ2) is 4.40. The zero-order valence-electron chi connectivity index (χ0n) is 12.4. The van der Waals surface area contributed by atoms with Crippen LogP contribution in [0.2, 0.25) is 0 Å². The van der Waals surface area contributed by atoms with Crippen molar-refractivity contribution in [1.29, 1.82) is 0 Å². The molecule has 1 aromatic rings. The van der Waals surface area contributed by atoms with Crippen LogP contribution >= 0.6 is 0 Å². The van der Waals surface area contributed by atoms with Gasteiger partial charge < -0.3 is 4.74 Å². The Bertz CT molecular complexity index is 529. The summed E-state index contributed by atoms with van der Waals surface area (Å²) in [5.74, 6) is 1.71. The molecule has 2 atom stereocenters. The Hall–Kier alpha value is -1.24. The van der Waals surface area contributed by atoms with Gasteiger partial charge >= 0.3 is 0 Å². The van der Waals surface area contributed by atoms with Crippen LogP contribution in [0.4, 0.5) is 0 Å². The van der Waals surface area contributed by atoms with Crippen molar-refractivity contribution in [1.82, 2.24) is 0 Å². The lowest BCUT2D eigenvalue weighted by atomic mass is 9.57. The Labute approximate surface area is 116 Å². The summed E-state index contributed by atoms with van der Waals surface area (Å²) in [5, 5.41) is 0. The number of benzene rings is 1. The van der Waals surface area contributed by atoms with E-state index >= 15 is 0 Å². The maximum Gasteiger partial charge on any atom is 0.122 e. The molecule has 1 heteroatoms. The first kappa shape index (κ1) is 12.8. The number of hydrogen-bond acceptors (Lipinski definition) is 1. The molecule has 1 nitrogen and oxygen atoms in total. The van der Waals surface area contributed by atoms with E-state index in [-0.39, 0.29) is 5.41 Å². The molecule has 0 bridgehead atoms. The summed E-state index contributed by atoms with van der Waals surface area (Å²) in [7, 11) is 1.77. The average Bonchev–Trinajstić information content (AvgIpc) is 2.37. The highest BCUT2D eigenvalue weighted by Crippen LogP contribution is 2.52. The van der Waals surface area contributed by atoms with Gasteiger partial charge in [0.25, 0.3) is 0 Å². The maximum absolute atomic E-state index is 5.54. The highest BCUT2D eigenvalue weighted by atomic mass is 16.5. The van der Waals surface area contributed by atoms with Crippen molar-refractivity contribution in [3.8, 4) is 5.75 Å². The molecular formula is C18H24O. The molecule has 0 saturated heterocycles. The Morgan fingerprint density at radius 2 is 2.11 bits per heavy atom. The fourth-order valence-corrected chi connectivity index (χ4v) is 4.33. The number of allylic oxidation sites excluding steroid dienone is 1. The molecule has 0 spiro atoms. The molecule has 1 fully saturated rings. The van der Waals surface area contributed by atoms with E-state index in [4.69, 9.17) is 4.74 Å². The summed E-state index contributed by atoms with van der Waals surface area (Å²) in [6, 6.07) is 4.64. The van der Waals surface area contributed by atoms with E-state index in [2.05, 4.69) is 32.6 Å². The molecule has 3 rings (SSSR count). The van der Waals surface area contributed by atoms with Crippen LogP contribution in [0, 0.1) is 12.8 Å². The molecule has 1 aromatic carbocycles. The van der Waals surface area contributed by atoms with Crippen molar-refractivity contribution in [2.45, 2.75) is 51.4 Å². The summed E-state index contributed by atoms with van der Waals surface area (Å²) in [6.07, 6.45) is 6.25. The summed E-state index contributed by atoms with van der Waals surface area (Å²) in [6.45, 7) is 8.93. The predicted molar refractivity (Wildman–Crippen MR) is 79.9 cm³/mol. The van der Waals surface area contributed by atoms with Crippen LogP contribution in [0.5, 0.6) is 5.75 Å². The van der Waals surface area contributed by atoms with E-state index in [0.29, 0.717) is 5.92 Å². The molecule has 0 aliphatic heterocycles. The Morgan fingerprint density at radius 1 is 1.32 bits per heavy atom. The van der Waals surface area contributed by atoms with Gasteiger partial charge in [-0.1, -0.05) is 25.1 Å². The van der Waals surface area contributed by atoms with E-state index in [9.17, 15) is 0 Å². The fraction of sp³-hybridized carbons (Fsp3) is 0.556. The molecule has 2 aliphatic carbocycles. The second-order valence-electron chi connectivity index (χ2n) is 6.50. The lowest BCUT2D eigenvalue weighted by Gasteiger charge is -2.47. The Kier molecular flexibility index (Phi) is 2.96. The van der Waals surface area contributed by atoms with Gasteiger partial charge in [0, 0.05) is 0 Å². The van der Waals surface area contributed by atoms with Gasteiger partial charge in [-0.15, -0.1) is 0 Å². The molecule has 2 aliphatic rings. The zero-order chi connectivity index (χ0) is 13.6. The molecule has 0 N–H and O–H groups in total. The van der Waals surface area contributed by atoms with Gasteiger partial charge in [-0.2, -0.15) is 0 Å². The third-order valence-electron chi connectivity index (χ3n) is 5.39. The Balaban J connectivity index is 2.14. The number of methoxy groups -OCH3 is 1. The zero-order valence-corrected chi connectivity index (χ0v) is 12.4. The summed E-state index contributed by atoms with van der Waals surface area (Å²) in [5.41, 5.74) is 6.07. The van der Waals surface area contributed by atoms with Crippen LogP contribution in [0.15, 0.2) is 24.3 Å². The average molecular weight is 256 g/mol. The largest absolute Gasteiger partial charge is 0.496 e. The maximum atomic E-state index is 5.54. The van der Waals surface area contributed by atoms with Crippen molar-refractivity contribution in [2.24, 2.45) is 5.92 Å². The molecule has 2 unspecified atom stereocenters. The van der Waals surface area contributed by atoms with Gasteiger partial charge in [0.2, 0.25) is 0 Å². The Morgan fingerprint density at radius 3 is 2.84 bits per heavy atom. The van der Waals surface area contributed by atoms with E-state index in [1.807, 2.05) is 0 Å². The predicted octanol–water partition coefficient (Wildman–Crippen LogP) is 4.56. The van der Waals surface area contributed by atoms with E-state index in [1.165, 1.54) is 54.4 Å². The number of rotatable bonds is 1. The fourth-order valence-electron chi connectivity index (χ4n) is 4.33. The molecule has 0 radical (unpaired) electrons. The number of fused-ring (bicyclic) bond motifs is 3. The van der Waals surface area contributed by atoms with Crippen LogP contribution in [-0.2, 0) is 11.8 Å². The summed E-state index contributed by atoms with van der Waals surface area (Å²) < 4.78 is 5.54. The van der Waals surface area contributed by atoms with Gasteiger partial charge in [-0.25, -0.2) is 0 Å². The highest BCUT2D eigenvalue weighted by molar-refractivity contribution is 5.48. The SMILES string of the molecule is C=C1CCCC2(C)c3cc(OC)c(C)cc3CCC12. The molecule has 19 heavy (non-hydrogen) atoms. The van der Waals surface area contributed by atoms with Crippen molar-refractivity contribution in [3.63, 3.8) is 0 Å². The van der Waals surface area contributed by atoms with Crippen LogP contribution in [0.25, 0.3) is 0 Å². The standard InChI is InChI=1S/C18H24O/c1-12-6-5-9-18(3)15(12)8-7-14-10-13(2)17(19-4)11-16(14)18/h10-11,15H,1,5-9H2,2-4H3. The van der Waals surface area contributed by atoms with Gasteiger partial charge in [-0.3, -0.25) is 0 Å². The summed E-state index contributed by atoms with van der Waals surface area (Å²) in [4.78, 5) is 0. The molecular weight excluding hydrogens is 232 g/mol. The van der Waals surface area contributed by atoms with Gasteiger partial charge in [0.05, 0.1) is 7.11 Å². The number of hydrogen-bond donors (Lipinski definition) is 0. The molecule has 0 amide bonds. The van der Waals surface area contributed by atoms with E-state index in [1.54, 1.807) is 7.11 Å². The number of aryl methyl sites for hydroxylation is 2. The first-order valence-corrected chi connectivity index (χ1v) is 7.42. The normalized spacial score (nSPS) is 29.6. The van der Waals surface area contributed by atoms with E-state index < -0.39 is 0 Å². The molecule has 0 heterocycles. The first-order valence-electron chi connectivity index (χ1n) is 7.42. The third kappa shape index (κ3) is 1.82. The summed E-state index contributed by atoms with van der Waals surface area (Å²) >= 11 is 0. The van der Waals surface area contributed by atoms with Gasteiger partial charge in [-0.05, 0) is 73.1 Å². The molecule has 102 valence electrons. The smallest absolute Gasteiger partial charge is 0.122 e. The topological polar surface area (TPSA) is 9.23 Å². The minimum atomic E-state index is 0.282. The second-order valence-corrected chi connectivity index (χ2v) is 6.50. The monoisotopic (exact) mass is 256 g/mol. The van der Waals surface area contributed by atoms with E-state index in [0.717, 1.165) is 5.75 Å². The van der Waals surface area contributed by atoms with Crippen LogP contribution < -0.4 is 4.74 Å². The van der Waals surface area contributed by atoms with Crippen molar-refractivity contribution in [3.05, 3.63) is 41.0 Å². The van der Waals surface area contributed by atoms with Crippen LogP contribution in [-0.4, -0.2) is 7.11 Å². The lowest BCUT2D eigenvalue weighted by molar-refractivity contribution is 0.234. The van der Waals surface area contributed by atoms with Crippen molar-refractivity contribution >= 4 is 0 Å². The van der Waals surface area contributed by atoms with Crippen molar-refractivity contribution in [2.75, 3.05) is 7.11 Å². The number of ether oxygens (including phenoxy) is 1. The van der Waals surface area contributed by atoms with Crippen LogP contribution in [0.3, 0.4) is 0 Å². The van der Waals surface area contributed by atoms with Crippen LogP contribution in [0.1, 0.15) is 49.3 Å². The third-order valence-corrected chi connectivity index (χ3v) is 5.39. The first-order chi connectivity index (χ1) is 9.06. The molecule has 0 aromatic heterocycles. The van der Waals surface area contributed by atoms with Crippen molar-refractivity contribution < 1.29 is 4.74 Å². The minimum absolute atomic E-state index is 0.282. The van der Waals surface area contributed by atoms with Gasteiger partial charge in [0.15, 0.2) is 0 Å². The quantitative estimate of drug-likeness (QED) is 0.669. The molecule has 1 saturated carbocycles. The minimum Gasteiger partial charge on any atom is -0.496 e. The van der Waals surface area contributed by atoms with Gasteiger partial charge in [0.1, 0.15) is 5.75 Å². The lowest BCUT2D eigenvalue weighted by Crippen LogP contribution is -2.40.